The Morgan fingerprint density at radius 2 is 1.74 bits per heavy atom. The van der Waals surface area contributed by atoms with Gasteiger partial charge in [-0.3, -0.25) is 10.1 Å². The van der Waals surface area contributed by atoms with Crippen LogP contribution in [-0.4, -0.2) is 20.5 Å². The van der Waals surface area contributed by atoms with E-state index in [1.807, 2.05) is 19.1 Å². The first-order chi connectivity index (χ1) is 10.8. The highest BCUT2D eigenvalue weighted by atomic mass is 32.2. The molecule has 0 bridgehead atoms. The standard InChI is InChI=1S/C16H17NO5S/c1-12-4-3-5-13(8-12)10-23(20,21)11-14-6-7-16(22-2)15(9-14)17(18)19/h3-9H,10-11H2,1-2H3. The van der Waals surface area contributed by atoms with Crippen LogP contribution in [0.15, 0.2) is 42.5 Å². The first-order valence-electron chi connectivity index (χ1n) is 6.88. The van der Waals surface area contributed by atoms with Gasteiger partial charge in [0.1, 0.15) is 0 Å². The van der Waals surface area contributed by atoms with Gasteiger partial charge >= 0.3 is 5.69 Å². The van der Waals surface area contributed by atoms with Crippen LogP contribution in [0.1, 0.15) is 16.7 Å². The predicted molar refractivity (Wildman–Crippen MR) is 87.2 cm³/mol. The Hall–Kier alpha value is -2.41. The number of benzene rings is 2. The summed E-state index contributed by atoms with van der Waals surface area (Å²) in [6.07, 6.45) is 0. The van der Waals surface area contributed by atoms with Gasteiger partial charge in [-0.1, -0.05) is 35.9 Å². The molecule has 122 valence electrons. The molecule has 2 aromatic rings. The Morgan fingerprint density at radius 3 is 2.30 bits per heavy atom. The van der Waals surface area contributed by atoms with Gasteiger partial charge in [0.15, 0.2) is 15.6 Å². The minimum absolute atomic E-state index is 0.103. The van der Waals surface area contributed by atoms with Crippen molar-refractivity contribution in [3.63, 3.8) is 0 Å². The van der Waals surface area contributed by atoms with Crippen LogP contribution in [0.4, 0.5) is 5.69 Å². The number of hydrogen-bond donors (Lipinski definition) is 0. The maximum atomic E-state index is 12.3. The van der Waals surface area contributed by atoms with Crippen molar-refractivity contribution in [2.75, 3.05) is 7.11 Å². The zero-order chi connectivity index (χ0) is 17.0. The van der Waals surface area contributed by atoms with Gasteiger partial charge in [-0.2, -0.15) is 0 Å². The monoisotopic (exact) mass is 335 g/mol. The van der Waals surface area contributed by atoms with Crippen molar-refractivity contribution in [2.24, 2.45) is 0 Å². The summed E-state index contributed by atoms with van der Waals surface area (Å²) in [5.41, 5.74) is 1.81. The van der Waals surface area contributed by atoms with Gasteiger partial charge in [-0.05, 0) is 24.1 Å². The highest BCUT2D eigenvalue weighted by Crippen LogP contribution is 2.28. The fourth-order valence-corrected chi connectivity index (χ4v) is 3.81. The molecule has 0 heterocycles. The molecule has 2 aromatic carbocycles. The first kappa shape index (κ1) is 17.0. The van der Waals surface area contributed by atoms with E-state index in [0.717, 1.165) is 5.56 Å². The lowest BCUT2D eigenvalue weighted by molar-refractivity contribution is -0.385. The van der Waals surface area contributed by atoms with Gasteiger partial charge in [-0.25, -0.2) is 8.42 Å². The van der Waals surface area contributed by atoms with Crippen LogP contribution in [-0.2, 0) is 21.3 Å². The molecule has 0 saturated carbocycles. The van der Waals surface area contributed by atoms with Gasteiger partial charge < -0.3 is 4.74 Å². The van der Waals surface area contributed by atoms with E-state index < -0.39 is 14.8 Å². The van der Waals surface area contributed by atoms with Crippen molar-refractivity contribution in [3.05, 3.63) is 69.3 Å². The van der Waals surface area contributed by atoms with Crippen molar-refractivity contribution >= 4 is 15.5 Å². The van der Waals surface area contributed by atoms with E-state index in [1.54, 1.807) is 12.1 Å². The minimum Gasteiger partial charge on any atom is -0.490 e. The number of methoxy groups -OCH3 is 1. The average Bonchev–Trinajstić information content (AvgIpc) is 2.46. The van der Waals surface area contributed by atoms with E-state index in [4.69, 9.17) is 4.74 Å². The van der Waals surface area contributed by atoms with E-state index in [9.17, 15) is 18.5 Å². The molecule has 7 heteroatoms. The quantitative estimate of drug-likeness (QED) is 0.598. The fourth-order valence-electron chi connectivity index (χ4n) is 2.33. The van der Waals surface area contributed by atoms with Crippen molar-refractivity contribution in [3.8, 4) is 5.75 Å². The number of ether oxygens (including phenoxy) is 1. The summed E-state index contributed by atoms with van der Waals surface area (Å²) in [6, 6.07) is 11.4. The highest BCUT2D eigenvalue weighted by Gasteiger charge is 2.19. The second-order valence-electron chi connectivity index (χ2n) is 5.28. The number of nitro benzene ring substituents is 1. The van der Waals surface area contributed by atoms with Gasteiger partial charge in [0.25, 0.3) is 0 Å². The van der Waals surface area contributed by atoms with E-state index >= 15 is 0 Å². The molecule has 0 N–H and O–H groups in total. The molecule has 0 spiro atoms. The first-order valence-corrected chi connectivity index (χ1v) is 8.70. The largest absolute Gasteiger partial charge is 0.490 e. The summed E-state index contributed by atoms with van der Waals surface area (Å²) in [5.74, 6) is -0.255. The smallest absolute Gasteiger partial charge is 0.311 e. The number of rotatable bonds is 6. The summed E-state index contributed by atoms with van der Waals surface area (Å²) < 4.78 is 29.5. The zero-order valence-corrected chi connectivity index (χ0v) is 13.7. The second kappa shape index (κ2) is 6.78. The Kier molecular flexibility index (Phi) is 5.00. The van der Waals surface area contributed by atoms with Crippen molar-refractivity contribution in [2.45, 2.75) is 18.4 Å². The summed E-state index contributed by atoms with van der Waals surface area (Å²) in [5, 5.41) is 11.0. The molecule has 0 saturated heterocycles. The van der Waals surface area contributed by atoms with Crippen LogP contribution in [0.3, 0.4) is 0 Å². The normalized spacial score (nSPS) is 11.2. The number of nitrogens with zero attached hydrogens (tertiary/aromatic N) is 1. The lowest BCUT2D eigenvalue weighted by atomic mass is 10.2. The Morgan fingerprint density at radius 1 is 1.09 bits per heavy atom. The van der Waals surface area contributed by atoms with E-state index in [1.165, 1.54) is 25.3 Å². The van der Waals surface area contributed by atoms with Crippen molar-refractivity contribution in [1.82, 2.24) is 0 Å². The molecule has 0 aliphatic heterocycles. The summed E-state index contributed by atoms with van der Waals surface area (Å²) in [4.78, 5) is 10.4. The van der Waals surface area contributed by atoms with E-state index in [-0.39, 0.29) is 22.9 Å². The predicted octanol–water partition coefficient (Wildman–Crippen LogP) is 3.03. The van der Waals surface area contributed by atoms with Crippen molar-refractivity contribution in [1.29, 1.82) is 0 Å². The molecule has 6 nitrogen and oxygen atoms in total. The van der Waals surface area contributed by atoms with Gasteiger partial charge in [0, 0.05) is 6.07 Å². The number of hydrogen-bond acceptors (Lipinski definition) is 5. The third-order valence-corrected chi connectivity index (χ3v) is 4.84. The number of aryl methyl sites for hydroxylation is 1. The molecule has 2 rings (SSSR count). The Balaban J connectivity index is 2.23. The molecule has 0 aliphatic rings. The molecule has 0 aromatic heterocycles. The Labute approximate surface area is 134 Å². The maximum Gasteiger partial charge on any atom is 0.311 e. The minimum atomic E-state index is -3.43. The SMILES string of the molecule is COc1ccc(CS(=O)(=O)Cc2cccc(C)c2)cc1[N+](=O)[O-]. The van der Waals surface area contributed by atoms with Crippen molar-refractivity contribution < 1.29 is 18.1 Å². The van der Waals surface area contributed by atoms with E-state index in [0.29, 0.717) is 11.1 Å². The highest BCUT2D eigenvalue weighted by molar-refractivity contribution is 7.89. The molecule has 0 atom stereocenters. The van der Waals surface area contributed by atoms with E-state index in [2.05, 4.69) is 0 Å². The summed E-state index contributed by atoms with van der Waals surface area (Å²) in [7, 11) is -2.10. The van der Waals surface area contributed by atoms with Gasteiger partial charge in [0.05, 0.1) is 23.5 Å². The average molecular weight is 335 g/mol. The Bertz CT molecular complexity index is 830. The summed E-state index contributed by atoms with van der Waals surface area (Å²) in [6.45, 7) is 1.89. The van der Waals surface area contributed by atoms with Crippen LogP contribution in [0.5, 0.6) is 5.75 Å². The van der Waals surface area contributed by atoms with Crippen LogP contribution >= 0.6 is 0 Å². The third kappa shape index (κ3) is 4.53. The molecule has 0 unspecified atom stereocenters. The maximum absolute atomic E-state index is 12.3. The molecule has 23 heavy (non-hydrogen) atoms. The molecular weight excluding hydrogens is 318 g/mol. The topological polar surface area (TPSA) is 86.5 Å². The molecule has 0 fully saturated rings. The fraction of sp³-hybridized carbons (Fsp3) is 0.250. The molecule has 0 amide bonds. The van der Waals surface area contributed by atoms with Crippen LogP contribution in [0.25, 0.3) is 0 Å². The lowest BCUT2D eigenvalue weighted by Gasteiger charge is -2.07. The second-order valence-corrected chi connectivity index (χ2v) is 7.35. The van der Waals surface area contributed by atoms with Gasteiger partial charge in [0.2, 0.25) is 0 Å². The number of sulfone groups is 1. The van der Waals surface area contributed by atoms with Gasteiger partial charge in [-0.15, -0.1) is 0 Å². The third-order valence-electron chi connectivity index (χ3n) is 3.30. The van der Waals surface area contributed by atoms with Crippen LogP contribution in [0.2, 0.25) is 0 Å². The molecular formula is C16H17NO5S. The number of nitro groups is 1. The lowest BCUT2D eigenvalue weighted by Crippen LogP contribution is -2.08. The molecule has 0 aliphatic carbocycles. The van der Waals surface area contributed by atoms with Crippen LogP contribution in [0, 0.1) is 17.0 Å². The molecule has 0 radical (unpaired) electrons. The van der Waals surface area contributed by atoms with Crippen LogP contribution < -0.4 is 4.74 Å². The zero-order valence-electron chi connectivity index (χ0n) is 12.9. The summed E-state index contributed by atoms with van der Waals surface area (Å²) >= 11 is 0.